The highest BCUT2D eigenvalue weighted by Gasteiger charge is 2.72. The Kier molecular flexibility index (Phi) is 4.14. The minimum atomic E-state index is -0.370. The second-order valence-electron chi connectivity index (χ2n) is 8.80. The normalized spacial score (nSPS) is 28.4. The smallest absolute Gasteiger partial charge is 0.249 e. The van der Waals surface area contributed by atoms with E-state index in [1.165, 1.54) is 12.3 Å². The number of hydrazone groups is 1. The minimum absolute atomic E-state index is 0.0140. The third kappa shape index (κ3) is 2.86. The maximum atomic E-state index is 14.0. The molecular weight excluding hydrogens is 383 g/mol. The van der Waals surface area contributed by atoms with Crippen LogP contribution in [0.1, 0.15) is 48.4 Å². The fourth-order valence-electron chi connectivity index (χ4n) is 5.08. The van der Waals surface area contributed by atoms with Gasteiger partial charge in [0.25, 0.3) is 0 Å². The molecule has 1 amide bonds. The van der Waals surface area contributed by atoms with E-state index in [0.717, 1.165) is 24.8 Å². The van der Waals surface area contributed by atoms with Crippen molar-refractivity contribution in [2.45, 2.75) is 38.6 Å². The summed E-state index contributed by atoms with van der Waals surface area (Å²) >= 11 is 0. The van der Waals surface area contributed by atoms with Crippen LogP contribution >= 0.6 is 0 Å². The van der Waals surface area contributed by atoms with Crippen molar-refractivity contribution in [1.82, 2.24) is 9.99 Å². The van der Waals surface area contributed by atoms with Crippen LogP contribution in [0.15, 0.2) is 41.6 Å². The largest absolute Gasteiger partial charge is 0.477 e. The molecule has 1 aliphatic heterocycles. The number of pyridine rings is 1. The first-order valence-corrected chi connectivity index (χ1v) is 10.0. The van der Waals surface area contributed by atoms with Crippen LogP contribution in [-0.4, -0.2) is 28.7 Å². The van der Waals surface area contributed by atoms with Crippen molar-refractivity contribution >= 4 is 12.1 Å². The molecule has 30 heavy (non-hydrogen) atoms. The van der Waals surface area contributed by atoms with Crippen LogP contribution < -0.4 is 4.74 Å². The summed E-state index contributed by atoms with van der Waals surface area (Å²) in [6.07, 6.45) is 6.15. The topological polar surface area (TPSA) is 78.6 Å². The van der Waals surface area contributed by atoms with E-state index in [1.807, 2.05) is 12.1 Å². The fraction of sp³-hybridized carbons (Fsp3) is 0.391. The summed E-state index contributed by atoms with van der Waals surface area (Å²) in [5.74, 6) is 0.259. The number of hydrogen-bond donors (Lipinski definition) is 0. The molecule has 7 heteroatoms. The van der Waals surface area contributed by atoms with Crippen LogP contribution in [0.2, 0.25) is 0 Å². The first-order valence-electron chi connectivity index (χ1n) is 10.0. The molecule has 152 valence electrons. The summed E-state index contributed by atoms with van der Waals surface area (Å²) in [7, 11) is 0. The van der Waals surface area contributed by atoms with Gasteiger partial charge in [-0.25, -0.2) is 14.4 Å². The number of hydrogen-bond acceptors (Lipinski definition) is 5. The Balaban J connectivity index is 1.21. The Labute approximate surface area is 174 Å². The third-order valence-corrected chi connectivity index (χ3v) is 6.60. The van der Waals surface area contributed by atoms with Crippen molar-refractivity contribution in [3.8, 4) is 11.9 Å². The van der Waals surface area contributed by atoms with E-state index < -0.39 is 0 Å². The average molecular weight is 404 g/mol. The van der Waals surface area contributed by atoms with Crippen LogP contribution in [-0.2, 0) is 4.79 Å². The summed E-state index contributed by atoms with van der Waals surface area (Å²) in [6, 6.07) is 10.3. The zero-order valence-electron chi connectivity index (χ0n) is 16.6. The van der Waals surface area contributed by atoms with Gasteiger partial charge in [-0.2, -0.15) is 10.4 Å². The Morgan fingerprint density at radius 3 is 2.80 bits per heavy atom. The summed E-state index contributed by atoms with van der Waals surface area (Å²) in [5, 5.41) is 14.7. The summed E-state index contributed by atoms with van der Waals surface area (Å²) in [5.41, 5.74) is 1.51. The lowest BCUT2D eigenvalue weighted by Crippen LogP contribution is -2.69. The molecule has 3 saturated carbocycles. The summed E-state index contributed by atoms with van der Waals surface area (Å²) in [4.78, 5) is 17.4. The van der Waals surface area contributed by atoms with E-state index in [1.54, 1.807) is 36.3 Å². The maximum absolute atomic E-state index is 14.0. The molecule has 0 radical (unpaired) electrons. The number of aromatic nitrogens is 1. The molecule has 6 rings (SSSR count). The Morgan fingerprint density at radius 1 is 1.33 bits per heavy atom. The number of nitrogens with zero attached hydrogens (tertiary/aromatic N) is 4. The fourth-order valence-corrected chi connectivity index (χ4v) is 5.08. The van der Waals surface area contributed by atoms with Gasteiger partial charge in [-0.1, -0.05) is 12.1 Å². The van der Waals surface area contributed by atoms with E-state index in [-0.39, 0.29) is 28.6 Å². The van der Waals surface area contributed by atoms with E-state index in [9.17, 15) is 9.18 Å². The number of benzene rings is 1. The lowest BCUT2D eigenvalue weighted by molar-refractivity contribution is -0.227. The van der Waals surface area contributed by atoms with Gasteiger partial charge >= 0.3 is 0 Å². The van der Waals surface area contributed by atoms with E-state index in [0.29, 0.717) is 30.0 Å². The number of ether oxygens (including phenoxy) is 1. The van der Waals surface area contributed by atoms with E-state index >= 15 is 0 Å². The SMILES string of the molecule is Cc1ccc(C2CC=NN2C(=O)C23CC(COc4ccc(C#N)cn4)(C2)C3)cc1F. The average Bonchev–Trinajstić information content (AvgIpc) is 3.18. The molecule has 2 aromatic rings. The standard InChI is InChI=1S/C23H21FN4O2/c1-15-2-4-17(8-18(15)24)19-6-7-27-28(19)21(29)23-11-22(12-23,13-23)14-30-20-5-3-16(9-25)10-26-20/h2-5,7-8,10,19H,6,11-14H2,1H3. The molecule has 1 aromatic carbocycles. The van der Waals surface area contributed by atoms with Crippen molar-refractivity contribution < 1.29 is 13.9 Å². The summed E-state index contributed by atoms with van der Waals surface area (Å²) < 4.78 is 19.8. The van der Waals surface area contributed by atoms with Gasteiger partial charge in [0, 0.05) is 30.3 Å². The van der Waals surface area contributed by atoms with Gasteiger partial charge in [-0.3, -0.25) is 4.79 Å². The maximum Gasteiger partial charge on any atom is 0.249 e. The molecule has 1 atom stereocenters. The van der Waals surface area contributed by atoms with Crippen molar-refractivity contribution in [1.29, 1.82) is 5.26 Å². The van der Waals surface area contributed by atoms with Gasteiger partial charge in [0.15, 0.2) is 0 Å². The molecule has 0 saturated heterocycles. The van der Waals surface area contributed by atoms with Gasteiger partial charge in [0.2, 0.25) is 11.8 Å². The van der Waals surface area contributed by atoms with Crippen LogP contribution in [0.5, 0.6) is 5.88 Å². The molecule has 6 nitrogen and oxygen atoms in total. The molecule has 0 N–H and O–H groups in total. The monoisotopic (exact) mass is 404 g/mol. The second-order valence-corrected chi connectivity index (χ2v) is 8.80. The molecule has 1 aromatic heterocycles. The van der Waals surface area contributed by atoms with Gasteiger partial charge in [-0.15, -0.1) is 0 Å². The van der Waals surface area contributed by atoms with Crippen LogP contribution in [0.3, 0.4) is 0 Å². The Hall–Kier alpha value is -3.27. The number of amides is 1. The predicted octanol–water partition coefficient (Wildman–Crippen LogP) is 3.91. The van der Waals surface area contributed by atoms with Gasteiger partial charge in [0.1, 0.15) is 11.9 Å². The van der Waals surface area contributed by atoms with Crippen LogP contribution in [0, 0.1) is 34.9 Å². The van der Waals surface area contributed by atoms with Crippen molar-refractivity contribution in [2.24, 2.45) is 15.9 Å². The Morgan fingerprint density at radius 2 is 2.13 bits per heavy atom. The molecule has 1 unspecified atom stereocenters. The number of carbonyl (C=O) groups excluding carboxylic acids is 1. The molecule has 4 aliphatic rings. The first kappa shape index (κ1) is 18.7. The second kappa shape index (κ2) is 6.63. The van der Waals surface area contributed by atoms with Crippen molar-refractivity contribution in [3.63, 3.8) is 0 Å². The highest BCUT2D eigenvalue weighted by atomic mass is 19.1. The zero-order valence-corrected chi connectivity index (χ0v) is 16.6. The molecule has 3 fully saturated rings. The number of aryl methyl sites for hydroxylation is 1. The van der Waals surface area contributed by atoms with Gasteiger partial charge < -0.3 is 4.74 Å². The lowest BCUT2D eigenvalue weighted by Gasteiger charge is -2.69. The Bertz CT molecular complexity index is 1070. The number of carbonyl (C=O) groups is 1. The van der Waals surface area contributed by atoms with E-state index in [4.69, 9.17) is 10.00 Å². The van der Waals surface area contributed by atoms with Crippen molar-refractivity contribution in [3.05, 3.63) is 59.0 Å². The van der Waals surface area contributed by atoms with Crippen molar-refractivity contribution in [2.75, 3.05) is 6.61 Å². The first-order chi connectivity index (χ1) is 14.4. The van der Waals surface area contributed by atoms with E-state index in [2.05, 4.69) is 10.1 Å². The zero-order chi connectivity index (χ0) is 20.9. The number of halogens is 1. The highest BCUT2D eigenvalue weighted by Crippen LogP contribution is 2.74. The van der Waals surface area contributed by atoms with Crippen LogP contribution in [0.4, 0.5) is 4.39 Å². The lowest BCUT2D eigenvalue weighted by atomic mass is 9.35. The third-order valence-electron chi connectivity index (χ3n) is 6.60. The molecule has 3 aliphatic carbocycles. The number of rotatable bonds is 5. The molecular formula is C23H21FN4O2. The van der Waals surface area contributed by atoms with Gasteiger partial charge in [0.05, 0.1) is 23.6 Å². The minimum Gasteiger partial charge on any atom is -0.477 e. The number of nitriles is 1. The van der Waals surface area contributed by atoms with Gasteiger partial charge in [-0.05, 0) is 49.4 Å². The highest BCUT2D eigenvalue weighted by molar-refractivity contribution is 5.88. The quantitative estimate of drug-likeness (QED) is 0.757. The summed E-state index contributed by atoms with van der Waals surface area (Å²) in [6.45, 7) is 2.24. The molecule has 0 spiro atoms. The molecule has 2 bridgehead atoms. The predicted molar refractivity (Wildman–Crippen MR) is 107 cm³/mol. The molecule has 2 heterocycles. The van der Waals surface area contributed by atoms with Crippen LogP contribution in [0.25, 0.3) is 0 Å².